The van der Waals surface area contributed by atoms with Crippen LogP contribution in [-0.2, 0) is 4.79 Å². The molecule has 0 rings (SSSR count). The molecule has 0 heterocycles. The SMILES string of the molecule is CCCCCCCCCCCCCCCCCCCCCC(=O)CCCCN(C)C. The molecule has 0 aromatic rings. The first-order valence-corrected chi connectivity index (χ1v) is 13.8. The standard InChI is InChI=1S/C28H57NO/c1-4-5-6-7-8-9-10-11-12-13-14-15-16-17-18-19-20-21-22-25-28(30)26-23-24-27-29(2)3/h4-27H2,1-3H3. The van der Waals surface area contributed by atoms with E-state index in [1.807, 2.05) is 0 Å². The maximum Gasteiger partial charge on any atom is 0.132 e. The third-order valence-electron chi connectivity index (χ3n) is 6.37. The Labute approximate surface area is 191 Å². The van der Waals surface area contributed by atoms with E-state index in [4.69, 9.17) is 0 Å². The van der Waals surface area contributed by atoms with Crippen LogP contribution in [0.5, 0.6) is 0 Å². The van der Waals surface area contributed by atoms with E-state index in [1.165, 1.54) is 116 Å². The van der Waals surface area contributed by atoms with Gasteiger partial charge in [-0.3, -0.25) is 4.79 Å². The predicted molar refractivity (Wildman–Crippen MR) is 135 cm³/mol. The zero-order valence-electron chi connectivity index (χ0n) is 21.3. The molecule has 0 atom stereocenters. The summed E-state index contributed by atoms with van der Waals surface area (Å²) in [6, 6.07) is 0. The third kappa shape index (κ3) is 25.7. The molecule has 0 unspecified atom stereocenters. The Balaban J connectivity index is 3.10. The lowest BCUT2D eigenvalue weighted by Gasteiger charge is -2.08. The van der Waals surface area contributed by atoms with Crippen LogP contribution in [0, 0.1) is 0 Å². The second kappa shape index (κ2) is 24.9. The monoisotopic (exact) mass is 423 g/mol. The van der Waals surface area contributed by atoms with Crippen LogP contribution in [-0.4, -0.2) is 31.3 Å². The van der Waals surface area contributed by atoms with Gasteiger partial charge in [0.1, 0.15) is 5.78 Å². The van der Waals surface area contributed by atoms with Crippen molar-refractivity contribution in [3.8, 4) is 0 Å². The molecule has 0 N–H and O–H groups in total. The second-order valence-corrected chi connectivity index (χ2v) is 9.91. The van der Waals surface area contributed by atoms with Gasteiger partial charge in [-0.15, -0.1) is 0 Å². The number of hydrogen-bond donors (Lipinski definition) is 0. The van der Waals surface area contributed by atoms with Crippen molar-refractivity contribution >= 4 is 5.78 Å². The van der Waals surface area contributed by atoms with Crippen LogP contribution < -0.4 is 0 Å². The van der Waals surface area contributed by atoms with Crippen molar-refractivity contribution in [2.75, 3.05) is 20.6 Å². The van der Waals surface area contributed by atoms with E-state index in [2.05, 4.69) is 25.9 Å². The van der Waals surface area contributed by atoms with Crippen LogP contribution in [0.1, 0.15) is 155 Å². The Morgan fingerprint density at radius 1 is 0.467 bits per heavy atom. The summed E-state index contributed by atoms with van der Waals surface area (Å²) in [4.78, 5) is 14.1. The van der Waals surface area contributed by atoms with E-state index in [-0.39, 0.29) is 0 Å². The van der Waals surface area contributed by atoms with Crippen LogP contribution in [0.3, 0.4) is 0 Å². The fourth-order valence-electron chi connectivity index (χ4n) is 4.28. The first-order chi connectivity index (χ1) is 14.7. The quantitative estimate of drug-likeness (QED) is 0.136. The van der Waals surface area contributed by atoms with Gasteiger partial charge in [-0.1, -0.05) is 122 Å². The highest BCUT2D eigenvalue weighted by molar-refractivity contribution is 5.78. The summed E-state index contributed by atoms with van der Waals surface area (Å²) < 4.78 is 0. The fourth-order valence-corrected chi connectivity index (χ4v) is 4.28. The average molecular weight is 424 g/mol. The van der Waals surface area contributed by atoms with Gasteiger partial charge in [0.05, 0.1) is 0 Å². The van der Waals surface area contributed by atoms with Gasteiger partial charge in [0.2, 0.25) is 0 Å². The van der Waals surface area contributed by atoms with Crippen molar-refractivity contribution in [1.82, 2.24) is 4.90 Å². The first kappa shape index (κ1) is 29.6. The molecular weight excluding hydrogens is 366 g/mol. The zero-order chi connectivity index (χ0) is 22.1. The highest BCUT2D eigenvalue weighted by atomic mass is 16.1. The Kier molecular flexibility index (Phi) is 24.6. The van der Waals surface area contributed by atoms with E-state index < -0.39 is 0 Å². The molecule has 2 heteroatoms. The summed E-state index contributed by atoms with van der Waals surface area (Å²) in [6.45, 7) is 3.40. The molecule has 0 bridgehead atoms. The number of ketones is 1. The molecule has 0 aromatic carbocycles. The molecule has 0 aliphatic rings. The molecule has 0 aliphatic carbocycles. The van der Waals surface area contributed by atoms with Crippen molar-refractivity contribution in [2.24, 2.45) is 0 Å². The van der Waals surface area contributed by atoms with E-state index in [1.54, 1.807) is 0 Å². The van der Waals surface area contributed by atoms with E-state index in [0.717, 1.165) is 38.6 Å². The van der Waals surface area contributed by atoms with Crippen LogP contribution in [0.25, 0.3) is 0 Å². The summed E-state index contributed by atoms with van der Waals surface area (Å²) >= 11 is 0. The summed E-state index contributed by atoms with van der Waals surface area (Å²) in [7, 11) is 4.20. The largest absolute Gasteiger partial charge is 0.309 e. The van der Waals surface area contributed by atoms with Crippen LogP contribution in [0.2, 0.25) is 0 Å². The number of Topliss-reactive ketones (excluding diaryl/α,β-unsaturated/α-hetero) is 1. The molecule has 0 amide bonds. The Bertz CT molecular complexity index is 340. The molecule has 180 valence electrons. The Morgan fingerprint density at radius 3 is 1.10 bits per heavy atom. The van der Waals surface area contributed by atoms with Crippen LogP contribution >= 0.6 is 0 Å². The number of nitrogens with zero attached hydrogens (tertiary/aromatic N) is 1. The first-order valence-electron chi connectivity index (χ1n) is 13.8. The van der Waals surface area contributed by atoms with Crippen LogP contribution in [0.4, 0.5) is 0 Å². The summed E-state index contributed by atoms with van der Waals surface area (Å²) in [5.41, 5.74) is 0. The topological polar surface area (TPSA) is 20.3 Å². The maximum atomic E-state index is 11.9. The Hall–Kier alpha value is -0.370. The van der Waals surface area contributed by atoms with Crippen molar-refractivity contribution in [2.45, 2.75) is 155 Å². The van der Waals surface area contributed by atoms with Gasteiger partial charge in [-0.05, 0) is 39.9 Å². The number of unbranched alkanes of at least 4 members (excludes halogenated alkanes) is 19. The van der Waals surface area contributed by atoms with Crippen molar-refractivity contribution in [3.63, 3.8) is 0 Å². The molecule has 0 fully saturated rings. The van der Waals surface area contributed by atoms with Gasteiger partial charge in [0.25, 0.3) is 0 Å². The predicted octanol–water partition coefficient (Wildman–Crippen LogP) is 9.11. The minimum atomic E-state index is 0.487. The van der Waals surface area contributed by atoms with Crippen molar-refractivity contribution < 1.29 is 4.79 Å². The summed E-state index contributed by atoms with van der Waals surface area (Å²) in [5.74, 6) is 0.487. The number of carbonyl (C=O) groups is 1. The van der Waals surface area contributed by atoms with Gasteiger partial charge < -0.3 is 4.90 Å². The second-order valence-electron chi connectivity index (χ2n) is 9.91. The molecule has 2 nitrogen and oxygen atoms in total. The molecule has 0 spiro atoms. The lowest BCUT2D eigenvalue weighted by atomic mass is 10.0. The van der Waals surface area contributed by atoms with Crippen LogP contribution in [0.15, 0.2) is 0 Å². The highest BCUT2D eigenvalue weighted by Gasteiger charge is 2.02. The smallest absolute Gasteiger partial charge is 0.132 e. The average Bonchev–Trinajstić information content (AvgIpc) is 2.72. The normalized spacial score (nSPS) is 11.5. The molecular formula is C28H57NO. The number of carbonyl (C=O) groups excluding carboxylic acids is 1. The third-order valence-corrected chi connectivity index (χ3v) is 6.37. The number of hydrogen-bond acceptors (Lipinski definition) is 2. The summed E-state index contributed by atoms with van der Waals surface area (Å²) in [6.07, 6.45) is 30.5. The lowest BCUT2D eigenvalue weighted by Crippen LogP contribution is -2.13. The fraction of sp³-hybridized carbons (Fsp3) is 0.964. The number of rotatable bonds is 25. The van der Waals surface area contributed by atoms with Gasteiger partial charge in [-0.2, -0.15) is 0 Å². The van der Waals surface area contributed by atoms with Crippen molar-refractivity contribution in [1.29, 1.82) is 0 Å². The van der Waals surface area contributed by atoms with Gasteiger partial charge in [0.15, 0.2) is 0 Å². The van der Waals surface area contributed by atoms with Crippen molar-refractivity contribution in [3.05, 3.63) is 0 Å². The maximum absolute atomic E-state index is 11.9. The zero-order valence-corrected chi connectivity index (χ0v) is 21.3. The molecule has 0 aromatic heterocycles. The molecule has 0 saturated heterocycles. The molecule has 0 aliphatic heterocycles. The minimum Gasteiger partial charge on any atom is -0.309 e. The molecule has 0 radical (unpaired) electrons. The minimum absolute atomic E-state index is 0.487. The highest BCUT2D eigenvalue weighted by Crippen LogP contribution is 2.15. The molecule has 30 heavy (non-hydrogen) atoms. The Morgan fingerprint density at radius 2 is 0.767 bits per heavy atom. The van der Waals surface area contributed by atoms with E-state index >= 15 is 0 Å². The lowest BCUT2D eigenvalue weighted by molar-refractivity contribution is -0.119. The molecule has 0 saturated carbocycles. The van der Waals surface area contributed by atoms with E-state index in [9.17, 15) is 4.79 Å². The summed E-state index contributed by atoms with van der Waals surface area (Å²) in [5, 5.41) is 0. The van der Waals surface area contributed by atoms with Gasteiger partial charge in [-0.25, -0.2) is 0 Å². The van der Waals surface area contributed by atoms with Gasteiger partial charge in [0, 0.05) is 12.8 Å². The van der Waals surface area contributed by atoms with E-state index in [0.29, 0.717) is 5.78 Å². The van der Waals surface area contributed by atoms with Gasteiger partial charge >= 0.3 is 0 Å².